The largest absolute Gasteiger partial charge is 0.481 e. The van der Waals surface area contributed by atoms with E-state index >= 15 is 0 Å². The van der Waals surface area contributed by atoms with E-state index in [0.29, 0.717) is 6.42 Å². The van der Waals surface area contributed by atoms with E-state index in [0.717, 1.165) is 13.3 Å². The first-order valence-electron chi connectivity index (χ1n) is 6.28. The van der Waals surface area contributed by atoms with E-state index in [1.807, 2.05) is 6.92 Å². The molecule has 0 amide bonds. The number of carboxylic acids is 4. The standard InChI is InChI=1S/2C4H8O2.C3H6O2.C2H4O2.CH4/c1-3(2)4(5)6;1-2-3-4(5)6;1-2-3(4)5;1-2(3)4;/h3H,1-2H3,(H,5,6);2-3H2,1H3,(H,5,6);2H2,1H3,(H,4,5);1H3,(H,3,4);1H4. The lowest BCUT2D eigenvalue weighted by molar-refractivity contribution is -0.140. The van der Waals surface area contributed by atoms with Crippen molar-refractivity contribution >= 4 is 23.9 Å². The maximum atomic E-state index is 9.70. The van der Waals surface area contributed by atoms with Crippen molar-refractivity contribution in [2.24, 2.45) is 5.92 Å². The second-order valence-corrected chi connectivity index (χ2v) is 3.90. The fraction of sp³-hybridized carbons (Fsp3) is 0.714. The lowest BCUT2D eigenvalue weighted by atomic mass is 10.2. The van der Waals surface area contributed by atoms with Gasteiger partial charge in [-0.1, -0.05) is 35.1 Å². The van der Waals surface area contributed by atoms with Gasteiger partial charge in [-0.15, -0.1) is 0 Å². The summed E-state index contributed by atoms with van der Waals surface area (Å²) in [6.07, 6.45) is 1.25. The molecule has 0 aliphatic carbocycles. The van der Waals surface area contributed by atoms with Crippen LogP contribution in [0.4, 0.5) is 0 Å². The van der Waals surface area contributed by atoms with Crippen molar-refractivity contribution in [2.75, 3.05) is 0 Å². The van der Waals surface area contributed by atoms with Gasteiger partial charge < -0.3 is 20.4 Å². The lowest BCUT2D eigenvalue weighted by Gasteiger charge is -1.89. The smallest absolute Gasteiger partial charge is 0.305 e. The first kappa shape index (κ1) is 32.0. The van der Waals surface area contributed by atoms with Crippen LogP contribution < -0.4 is 0 Å². The molecule has 0 heterocycles. The van der Waals surface area contributed by atoms with E-state index in [4.69, 9.17) is 25.2 Å². The molecule has 0 aromatic carbocycles. The first-order valence-corrected chi connectivity index (χ1v) is 6.28. The Morgan fingerprint density at radius 1 is 0.864 bits per heavy atom. The van der Waals surface area contributed by atoms with Crippen LogP contribution in [0, 0.1) is 5.92 Å². The van der Waals surface area contributed by atoms with Gasteiger partial charge in [-0.2, -0.15) is 0 Å². The summed E-state index contributed by atoms with van der Waals surface area (Å²) in [5, 5.41) is 31.0. The number of rotatable bonds is 4. The van der Waals surface area contributed by atoms with Gasteiger partial charge in [0, 0.05) is 19.8 Å². The maximum absolute atomic E-state index is 9.70. The van der Waals surface area contributed by atoms with Gasteiger partial charge in [0.05, 0.1) is 5.92 Å². The zero-order valence-corrected chi connectivity index (χ0v) is 13.1. The highest BCUT2D eigenvalue weighted by molar-refractivity contribution is 5.68. The molecule has 0 aliphatic heterocycles. The maximum Gasteiger partial charge on any atom is 0.305 e. The van der Waals surface area contributed by atoms with Crippen LogP contribution in [0.1, 0.15) is 61.3 Å². The van der Waals surface area contributed by atoms with Gasteiger partial charge in [-0.3, -0.25) is 19.2 Å². The summed E-state index contributed by atoms with van der Waals surface area (Å²) in [6, 6.07) is 0. The molecule has 0 unspecified atom stereocenters. The van der Waals surface area contributed by atoms with Crippen molar-refractivity contribution < 1.29 is 39.6 Å². The van der Waals surface area contributed by atoms with E-state index in [-0.39, 0.29) is 19.8 Å². The van der Waals surface area contributed by atoms with Crippen molar-refractivity contribution in [3.8, 4) is 0 Å². The molecule has 4 N–H and O–H groups in total. The number of hydrogen-bond donors (Lipinski definition) is 4. The highest BCUT2D eigenvalue weighted by Gasteiger charge is 1.99. The van der Waals surface area contributed by atoms with Crippen LogP contribution >= 0.6 is 0 Å². The van der Waals surface area contributed by atoms with E-state index in [9.17, 15) is 14.4 Å². The molecule has 0 fully saturated rings. The number of aliphatic carboxylic acids is 4. The van der Waals surface area contributed by atoms with Crippen molar-refractivity contribution in [1.29, 1.82) is 0 Å². The SMILES string of the molecule is C.CC(=O)O.CC(C)C(=O)O.CCC(=O)O.CCCC(=O)O. The minimum atomic E-state index is -0.833. The Morgan fingerprint density at radius 2 is 1.09 bits per heavy atom. The van der Waals surface area contributed by atoms with E-state index < -0.39 is 23.9 Å². The third-order valence-electron chi connectivity index (χ3n) is 1.26. The van der Waals surface area contributed by atoms with Crippen LogP contribution in [-0.2, 0) is 19.2 Å². The van der Waals surface area contributed by atoms with Crippen molar-refractivity contribution in [3.63, 3.8) is 0 Å². The first-order chi connectivity index (χ1) is 9.41. The number of carboxylic acid groups (broad SMARTS) is 4. The predicted octanol–water partition coefficient (Wildman–Crippen LogP) is 2.81. The summed E-state index contributed by atoms with van der Waals surface area (Å²) in [7, 11) is 0. The van der Waals surface area contributed by atoms with Crippen LogP contribution in [-0.4, -0.2) is 44.3 Å². The molecular weight excluding hydrogens is 296 g/mol. The molecular formula is C14H30O8. The quantitative estimate of drug-likeness (QED) is 0.616. The fourth-order valence-corrected chi connectivity index (χ4v) is 0.214. The lowest BCUT2D eigenvalue weighted by Crippen LogP contribution is -2.03. The zero-order valence-electron chi connectivity index (χ0n) is 13.1. The Bertz CT molecular complexity index is 293. The van der Waals surface area contributed by atoms with Crippen LogP contribution in [0.25, 0.3) is 0 Å². The van der Waals surface area contributed by atoms with Gasteiger partial charge in [0.25, 0.3) is 5.97 Å². The molecule has 8 nitrogen and oxygen atoms in total. The molecule has 0 bridgehead atoms. The minimum Gasteiger partial charge on any atom is -0.481 e. The van der Waals surface area contributed by atoms with Gasteiger partial charge in [-0.25, -0.2) is 0 Å². The van der Waals surface area contributed by atoms with Crippen molar-refractivity contribution in [3.05, 3.63) is 0 Å². The third kappa shape index (κ3) is 108. The summed E-state index contributed by atoms with van der Waals surface area (Å²) < 4.78 is 0. The van der Waals surface area contributed by atoms with Gasteiger partial charge in [0.15, 0.2) is 0 Å². The molecule has 0 atom stereocenters. The van der Waals surface area contributed by atoms with Crippen LogP contribution in [0.3, 0.4) is 0 Å². The molecule has 0 aromatic rings. The van der Waals surface area contributed by atoms with Gasteiger partial charge in [-0.05, 0) is 6.42 Å². The summed E-state index contributed by atoms with van der Waals surface area (Å²) in [6.45, 7) is 7.81. The molecule has 0 rings (SSSR count). The molecule has 0 radical (unpaired) electrons. The highest BCUT2D eigenvalue weighted by atomic mass is 16.4. The van der Waals surface area contributed by atoms with Gasteiger partial charge in [0.1, 0.15) is 0 Å². The third-order valence-corrected chi connectivity index (χ3v) is 1.26. The monoisotopic (exact) mass is 326 g/mol. The fourth-order valence-electron chi connectivity index (χ4n) is 0.214. The van der Waals surface area contributed by atoms with E-state index in [2.05, 4.69) is 0 Å². The van der Waals surface area contributed by atoms with E-state index in [1.54, 1.807) is 20.8 Å². The Kier molecular flexibility index (Phi) is 34.8. The highest BCUT2D eigenvalue weighted by Crippen LogP contribution is 1.87. The Labute approximate surface area is 131 Å². The summed E-state index contributed by atoms with van der Waals surface area (Å²) in [5.74, 6) is -3.26. The molecule has 134 valence electrons. The normalized spacial score (nSPS) is 7.55. The zero-order chi connectivity index (χ0) is 18.0. The molecule has 0 saturated carbocycles. The van der Waals surface area contributed by atoms with Gasteiger partial charge in [0.2, 0.25) is 0 Å². The van der Waals surface area contributed by atoms with Crippen molar-refractivity contribution in [1.82, 2.24) is 0 Å². The predicted molar refractivity (Wildman–Crippen MR) is 83.0 cm³/mol. The molecule has 0 spiro atoms. The molecule has 8 heteroatoms. The summed E-state index contributed by atoms with van der Waals surface area (Å²) >= 11 is 0. The van der Waals surface area contributed by atoms with Crippen molar-refractivity contribution in [2.45, 2.75) is 61.3 Å². The van der Waals surface area contributed by atoms with Crippen LogP contribution in [0.5, 0.6) is 0 Å². The second kappa shape index (κ2) is 23.9. The number of hydrogen-bond acceptors (Lipinski definition) is 4. The summed E-state index contributed by atoms with van der Waals surface area (Å²) in [5.41, 5.74) is 0. The molecule has 22 heavy (non-hydrogen) atoms. The Hall–Kier alpha value is -2.12. The Morgan fingerprint density at radius 3 is 1.09 bits per heavy atom. The number of carbonyl (C=O) groups is 4. The second-order valence-electron chi connectivity index (χ2n) is 3.90. The van der Waals surface area contributed by atoms with Crippen LogP contribution in [0.2, 0.25) is 0 Å². The van der Waals surface area contributed by atoms with E-state index in [1.165, 1.54) is 0 Å². The summed E-state index contributed by atoms with van der Waals surface area (Å²) in [4.78, 5) is 37.7. The Balaban J connectivity index is -0.0000000582. The average Bonchev–Trinajstić information content (AvgIpc) is 2.29. The molecule has 0 saturated heterocycles. The van der Waals surface area contributed by atoms with Gasteiger partial charge >= 0.3 is 17.9 Å². The minimum absolute atomic E-state index is 0. The molecule has 0 aromatic heterocycles. The molecule has 0 aliphatic rings. The van der Waals surface area contributed by atoms with Crippen LogP contribution in [0.15, 0.2) is 0 Å². The average molecular weight is 326 g/mol. The topological polar surface area (TPSA) is 149 Å².